The summed E-state index contributed by atoms with van der Waals surface area (Å²) in [5, 5.41) is 0. The number of rotatable bonds is 7. The average molecular weight is 324 g/mol. The normalized spacial score (nSPS) is 15.8. The summed E-state index contributed by atoms with van der Waals surface area (Å²) in [6, 6.07) is 0. The molecule has 0 spiro atoms. The van der Waals surface area contributed by atoms with Gasteiger partial charge >= 0.3 is 12.4 Å². The fraction of sp³-hybridized carbons (Fsp3) is 0.600. The number of nitrogens with zero attached hydrogens (tertiary/aromatic N) is 1. The van der Waals surface area contributed by atoms with Crippen LogP contribution in [0, 0.1) is 6.92 Å². The van der Waals surface area contributed by atoms with Crippen molar-refractivity contribution in [1.82, 2.24) is 9.55 Å². The number of hydrogen-bond acceptors (Lipinski definition) is 6. The first-order valence-electron chi connectivity index (χ1n) is 5.73. The third-order valence-corrected chi connectivity index (χ3v) is 4.20. The average Bonchev–Trinajstić information content (AvgIpc) is 2.38. The monoisotopic (exact) mass is 324 g/mol. The molecule has 1 unspecified atom stereocenters. The van der Waals surface area contributed by atoms with Gasteiger partial charge in [-0.2, -0.15) is 0 Å². The topological polar surface area (TPSA) is 103 Å². The zero-order valence-corrected chi connectivity index (χ0v) is 13.1. The Morgan fingerprint density at radius 3 is 2.75 bits per heavy atom. The first-order valence-corrected chi connectivity index (χ1v) is 8.32. The van der Waals surface area contributed by atoms with Crippen LogP contribution < -0.4 is 11.2 Å². The van der Waals surface area contributed by atoms with E-state index in [1.165, 1.54) is 17.9 Å². The Labute approximate surface area is 120 Å². The van der Waals surface area contributed by atoms with Crippen molar-refractivity contribution in [3.05, 3.63) is 32.6 Å². The van der Waals surface area contributed by atoms with Gasteiger partial charge in [-0.15, -0.1) is 0 Å². The molecule has 20 heavy (non-hydrogen) atoms. The lowest BCUT2D eigenvalue weighted by atomic mass is 10.4. The highest BCUT2D eigenvalue weighted by atomic mass is 32.5. The highest BCUT2D eigenvalue weighted by Gasteiger charge is 2.13. The fourth-order valence-electron chi connectivity index (χ4n) is 1.36. The van der Waals surface area contributed by atoms with E-state index in [0.717, 1.165) is 0 Å². The Bertz CT molecular complexity index is 613. The molecule has 0 amide bonds. The van der Waals surface area contributed by atoms with Gasteiger partial charge in [-0.05, 0) is 25.7 Å². The van der Waals surface area contributed by atoms with Gasteiger partial charge in [0, 0.05) is 18.9 Å². The van der Waals surface area contributed by atoms with E-state index >= 15 is 0 Å². The van der Waals surface area contributed by atoms with Crippen LogP contribution in [0.15, 0.2) is 15.8 Å². The minimum absolute atomic E-state index is 0.0308. The van der Waals surface area contributed by atoms with Crippen molar-refractivity contribution in [2.75, 3.05) is 20.3 Å². The highest BCUT2D eigenvalue weighted by molar-refractivity contribution is 8.07. The van der Waals surface area contributed by atoms with Gasteiger partial charge in [0.15, 0.2) is 0 Å². The molecule has 2 atom stereocenters. The van der Waals surface area contributed by atoms with Crippen molar-refractivity contribution in [3.63, 3.8) is 0 Å². The van der Waals surface area contributed by atoms with Crippen molar-refractivity contribution in [1.29, 1.82) is 0 Å². The maximum atomic E-state index is 11.6. The molecule has 0 fully saturated rings. The quantitative estimate of drug-likeness (QED) is 0.548. The van der Waals surface area contributed by atoms with Crippen LogP contribution in [-0.2, 0) is 25.6 Å². The van der Waals surface area contributed by atoms with E-state index in [1.807, 2.05) is 0 Å². The number of H-pyrrole nitrogens is 1. The molecule has 0 aliphatic carbocycles. The Kier molecular flexibility index (Phi) is 6.25. The van der Waals surface area contributed by atoms with Crippen molar-refractivity contribution in [2.24, 2.45) is 0 Å². The Morgan fingerprint density at radius 1 is 1.50 bits per heavy atom. The summed E-state index contributed by atoms with van der Waals surface area (Å²) >= 11 is 4.64. The number of hydrogen-bond donors (Lipinski definition) is 2. The van der Waals surface area contributed by atoms with Crippen LogP contribution in [0.1, 0.15) is 18.7 Å². The van der Waals surface area contributed by atoms with Crippen LogP contribution >= 0.6 is 6.72 Å². The first-order chi connectivity index (χ1) is 9.26. The molecule has 1 heterocycles. The van der Waals surface area contributed by atoms with E-state index in [9.17, 15) is 14.5 Å². The fourth-order valence-corrected chi connectivity index (χ4v) is 1.99. The van der Waals surface area contributed by atoms with Crippen LogP contribution in [-0.4, -0.2) is 34.8 Å². The van der Waals surface area contributed by atoms with Crippen molar-refractivity contribution in [3.8, 4) is 0 Å². The largest absolute Gasteiger partial charge is 0.356 e. The third kappa shape index (κ3) is 4.93. The Balaban J connectivity index is 2.58. The van der Waals surface area contributed by atoms with Crippen molar-refractivity contribution >= 4 is 18.5 Å². The van der Waals surface area contributed by atoms with Gasteiger partial charge in [0.05, 0.1) is 13.2 Å². The molecule has 0 radical (unpaired) electrons. The SMILES string of the molecule is COP(O)(=S)OCCO[C@H](C)n1cc(C)c(=O)[nH]c1=O. The van der Waals surface area contributed by atoms with Gasteiger partial charge < -0.3 is 18.7 Å². The maximum Gasteiger partial charge on any atom is 0.330 e. The van der Waals surface area contributed by atoms with E-state index in [4.69, 9.17) is 9.26 Å². The molecule has 10 heteroatoms. The second kappa shape index (κ2) is 7.26. The smallest absolute Gasteiger partial charge is 0.330 e. The number of nitrogens with one attached hydrogen (secondary N) is 1. The molecule has 1 rings (SSSR count). The molecule has 1 aromatic rings. The summed E-state index contributed by atoms with van der Waals surface area (Å²) in [4.78, 5) is 34.4. The zero-order chi connectivity index (χ0) is 15.3. The van der Waals surface area contributed by atoms with E-state index in [-0.39, 0.29) is 13.2 Å². The lowest BCUT2D eigenvalue weighted by Crippen LogP contribution is -2.33. The standard InChI is InChI=1S/C10H17N2O6PS/c1-7-6-12(10(14)11-9(7)13)8(2)17-4-5-18-19(15,20)16-3/h6,8H,4-5H2,1-3H3,(H,15,20)(H,11,13,14)/t8-,19?/m1/s1. The summed E-state index contributed by atoms with van der Waals surface area (Å²) in [6.45, 7) is 0.176. The number of ether oxygens (including phenoxy) is 1. The van der Waals surface area contributed by atoms with E-state index in [0.29, 0.717) is 5.56 Å². The van der Waals surface area contributed by atoms with Crippen molar-refractivity contribution in [2.45, 2.75) is 20.1 Å². The second-order valence-corrected chi connectivity index (χ2v) is 6.88. The summed E-state index contributed by atoms with van der Waals surface area (Å²) < 4.78 is 16.1. The number of aromatic amines is 1. The molecule has 0 saturated heterocycles. The minimum Gasteiger partial charge on any atom is -0.356 e. The molecule has 1 aromatic heterocycles. The first kappa shape index (κ1) is 17.2. The number of aromatic nitrogens is 2. The van der Waals surface area contributed by atoms with Crippen LogP contribution in [0.25, 0.3) is 0 Å². The molecule has 8 nitrogen and oxygen atoms in total. The Morgan fingerprint density at radius 2 is 2.15 bits per heavy atom. The third-order valence-electron chi connectivity index (χ3n) is 2.47. The molecule has 0 aliphatic heterocycles. The summed E-state index contributed by atoms with van der Waals surface area (Å²) in [7, 11) is 1.26. The van der Waals surface area contributed by atoms with E-state index in [2.05, 4.69) is 21.3 Å². The molecule has 0 saturated carbocycles. The Hall–Kier alpha value is -0.830. The lowest BCUT2D eigenvalue weighted by molar-refractivity contribution is -0.00411. The van der Waals surface area contributed by atoms with Crippen LogP contribution in [0.2, 0.25) is 0 Å². The van der Waals surface area contributed by atoms with Crippen LogP contribution in [0.5, 0.6) is 0 Å². The predicted octanol–water partition coefficient (Wildman–Crippen LogP) is 0.260. The number of aryl methyl sites for hydroxylation is 1. The molecule has 0 aliphatic rings. The van der Waals surface area contributed by atoms with Gasteiger partial charge in [0.25, 0.3) is 5.56 Å². The summed E-state index contributed by atoms with van der Waals surface area (Å²) in [6.07, 6.45) is 0.818. The molecule has 2 N–H and O–H groups in total. The molecular formula is C10H17N2O6PS. The van der Waals surface area contributed by atoms with Gasteiger partial charge in [-0.1, -0.05) is 0 Å². The second-order valence-electron chi connectivity index (χ2n) is 3.93. The minimum atomic E-state index is -3.19. The van der Waals surface area contributed by atoms with Gasteiger partial charge in [-0.25, -0.2) is 4.79 Å². The van der Waals surface area contributed by atoms with Crippen LogP contribution in [0.4, 0.5) is 0 Å². The van der Waals surface area contributed by atoms with Gasteiger partial charge in [-0.3, -0.25) is 14.3 Å². The van der Waals surface area contributed by atoms with E-state index in [1.54, 1.807) is 13.8 Å². The zero-order valence-electron chi connectivity index (χ0n) is 11.4. The molecule has 0 aromatic carbocycles. The molecule has 114 valence electrons. The van der Waals surface area contributed by atoms with Crippen LogP contribution in [0.3, 0.4) is 0 Å². The van der Waals surface area contributed by atoms with E-state index < -0.39 is 24.2 Å². The van der Waals surface area contributed by atoms with Gasteiger partial charge in [0.1, 0.15) is 6.23 Å². The lowest BCUT2D eigenvalue weighted by Gasteiger charge is -2.17. The molecule has 0 bridgehead atoms. The predicted molar refractivity (Wildman–Crippen MR) is 76.2 cm³/mol. The summed E-state index contributed by atoms with van der Waals surface area (Å²) in [5.74, 6) is 0. The summed E-state index contributed by atoms with van der Waals surface area (Å²) in [5.41, 5.74) is -0.581. The van der Waals surface area contributed by atoms with Crippen molar-refractivity contribution < 1.29 is 18.7 Å². The maximum absolute atomic E-state index is 11.6. The highest BCUT2D eigenvalue weighted by Crippen LogP contribution is 2.42. The molecular weight excluding hydrogens is 307 g/mol. The van der Waals surface area contributed by atoms with Gasteiger partial charge in [0.2, 0.25) is 0 Å².